The molecule has 0 saturated carbocycles. The van der Waals surface area contributed by atoms with E-state index in [0.29, 0.717) is 24.0 Å². The van der Waals surface area contributed by atoms with Crippen LogP contribution in [0.1, 0.15) is 5.56 Å². The van der Waals surface area contributed by atoms with E-state index in [9.17, 15) is 10.1 Å². The first-order valence-corrected chi connectivity index (χ1v) is 8.94. The number of hydrogen-bond acceptors (Lipinski definition) is 6. The molecule has 3 heterocycles. The fourth-order valence-electron chi connectivity index (χ4n) is 3.70. The van der Waals surface area contributed by atoms with Gasteiger partial charge in [0.15, 0.2) is 0 Å². The van der Waals surface area contributed by atoms with Gasteiger partial charge in [-0.1, -0.05) is 41.9 Å². The lowest BCUT2D eigenvalue weighted by Gasteiger charge is -2.36. The molecule has 8 heteroatoms. The summed E-state index contributed by atoms with van der Waals surface area (Å²) >= 11 is 6.25. The monoisotopic (exact) mass is 374 g/mol. The number of rotatable bonds is 4. The van der Waals surface area contributed by atoms with Crippen LogP contribution in [0.3, 0.4) is 0 Å². The fraction of sp³-hybridized carbons (Fsp3) is 0.389. The van der Waals surface area contributed by atoms with E-state index in [4.69, 9.17) is 16.3 Å². The maximum Gasteiger partial charge on any atom is 0.289 e. The lowest BCUT2D eigenvalue weighted by atomic mass is 10.1. The normalized spacial score (nSPS) is 23.0. The Bertz CT molecular complexity index is 804. The van der Waals surface area contributed by atoms with E-state index in [1.807, 2.05) is 6.07 Å². The summed E-state index contributed by atoms with van der Waals surface area (Å²) in [4.78, 5) is 19.1. The lowest BCUT2D eigenvalue weighted by molar-refractivity contribution is -0.385. The molecule has 2 unspecified atom stereocenters. The summed E-state index contributed by atoms with van der Waals surface area (Å²) in [5, 5.41) is 11.2. The number of aromatic nitrogens is 1. The quantitative estimate of drug-likeness (QED) is 0.605. The van der Waals surface area contributed by atoms with Gasteiger partial charge in [-0.15, -0.1) is 0 Å². The minimum absolute atomic E-state index is 0.0838. The van der Waals surface area contributed by atoms with Crippen molar-refractivity contribution in [3.05, 3.63) is 63.3 Å². The number of pyridine rings is 1. The van der Waals surface area contributed by atoms with Crippen molar-refractivity contribution in [1.82, 2.24) is 9.88 Å². The smallest absolute Gasteiger partial charge is 0.289 e. The molecule has 1 aromatic carbocycles. The molecule has 4 rings (SSSR count). The lowest BCUT2D eigenvalue weighted by Crippen LogP contribution is -2.50. The first kappa shape index (κ1) is 17.2. The van der Waals surface area contributed by atoms with E-state index >= 15 is 0 Å². The van der Waals surface area contributed by atoms with E-state index in [1.54, 1.807) is 0 Å². The molecular weight excluding hydrogens is 356 g/mol. The number of hydrogen-bond donors (Lipinski definition) is 0. The molecule has 0 spiro atoms. The highest BCUT2D eigenvalue weighted by atomic mass is 35.5. The van der Waals surface area contributed by atoms with E-state index in [1.165, 1.54) is 17.8 Å². The number of fused-ring (bicyclic) bond motifs is 1. The average molecular weight is 375 g/mol. The van der Waals surface area contributed by atoms with Crippen molar-refractivity contribution in [2.75, 3.05) is 31.1 Å². The summed E-state index contributed by atoms with van der Waals surface area (Å²) in [5.41, 5.74) is 1.18. The second kappa shape index (κ2) is 7.19. The van der Waals surface area contributed by atoms with Gasteiger partial charge in [0.25, 0.3) is 5.69 Å². The van der Waals surface area contributed by atoms with Crippen LogP contribution in [-0.2, 0) is 11.3 Å². The molecule has 2 aliphatic rings. The molecule has 0 aliphatic carbocycles. The topological polar surface area (TPSA) is 71.7 Å². The maximum atomic E-state index is 10.9. The zero-order valence-corrected chi connectivity index (χ0v) is 14.9. The maximum absolute atomic E-state index is 10.9. The van der Waals surface area contributed by atoms with Crippen LogP contribution in [0, 0.1) is 10.1 Å². The third kappa shape index (κ3) is 3.38. The molecule has 0 radical (unpaired) electrons. The van der Waals surface area contributed by atoms with Crippen LogP contribution in [0.2, 0.25) is 5.02 Å². The van der Waals surface area contributed by atoms with Crippen LogP contribution < -0.4 is 4.90 Å². The Hall–Kier alpha value is -2.22. The van der Waals surface area contributed by atoms with Gasteiger partial charge in [0.1, 0.15) is 12.0 Å². The van der Waals surface area contributed by atoms with Gasteiger partial charge in [0, 0.05) is 32.2 Å². The third-order valence-corrected chi connectivity index (χ3v) is 5.24. The molecule has 0 bridgehead atoms. The van der Waals surface area contributed by atoms with Crippen LogP contribution >= 0.6 is 11.6 Å². The second-order valence-corrected chi connectivity index (χ2v) is 7.00. The van der Waals surface area contributed by atoms with Gasteiger partial charge in [-0.3, -0.25) is 15.0 Å². The Morgan fingerprint density at radius 1 is 1.31 bits per heavy atom. The Morgan fingerprint density at radius 3 is 2.85 bits per heavy atom. The molecule has 0 amide bonds. The van der Waals surface area contributed by atoms with Crippen molar-refractivity contribution in [2.24, 2.45) is 0 Å². The Kier molecular flexibility index (Phi) is 4.76. The summed E-state index contributed by atoms with van der Waals surface area (Å²) in [5.74, 6) is 0.579. The minimum atomic E-state index is -0.489. The molecule has 2 aliphatic heterocycles. The Balaban J connectivity index is 1.51. The fourth-order valence-corrected chi connectivity index (χ4v) is 3.98. The highest BCUT2D eigenvalue weighted by Crippen LogP contribution is 2.32. The second-order valence-electron chi connectivity index (χ2n) is 6.59. The molecule has 2 atom stereocenters. The third-order valence-electron chi connectivity index (χ3n) is 4.96. The number of nitrogens with zero attached hydrogens (tertiary/aromatic N) is 4. The molecule has 26 heavy (non-hydrogen) atoms. The van der Waals surface area contributed by atoms with Crippen molar-refractivity contribution in [1.29, 1.82) is 0 Å². The molecule has 1 aromatic heterocycles. The Morgan fingerprint density at radius 2 is 2.12 bits per heavy atom. The molecular formula is C18H19ClN4O3. The highest BCUT2D eigenvalue weighted by Gasteiger charge is 2.41. The van der Waals surface area contributed by atoms with Gasteiger partial charge in [0.05, 0.1) is 28.7 Å². The van der Waals surface area contributed by atoms with Gasteiger partial charge in [0.2, 0.25) is 0 Å². The standard InChI is InChI=1S/C18H19ClN4O3/c19-15-8-14(23(24)25)9-20-18(15)22-11-16-17(12-22)26-7-6-21(16)10-13-4-2-1-3-5-13/h1-5,8-9,16-17H,6-7,10-12H2. The molecule has 2 fully saturated rings. The van der Waals surface area contributed by atoms with Crippen molar-refractivity contribution in [3.8, 4) is 0 Å². The number of morpholine rings is 1. The number of benzene rings is 1. The van der Waals surface area contributed by atoms with Gasteiger partial charge in [-0.25, -0.2) is 4.98 Å². The van der Waals surface area contributed by atoms with Crippen LogP contribution in [0.25, 0.3) is 0 Å². The van der Waals surface area contributed by atoms with E-state index in [0.717, 1.165) is 19.6 Å². The van der Waals surface area contributed by atoms with Crippen molar-refractivity contribution in [2.45, 2.75) is 18.7 Å². The van der Waals surface area contributed by atoms with Gasteiger partial charge in [-0.05, 0) is 5.56 Å². The van der Waals surface area contributed by atoms with Crippen molar-refractivity contribution >= 4 is 23.1 Å². The summed E-state index contributed by atoms with van der Waals surface area (Å²) in [7, 11) is 0. The average Bonchev–Trinajstić information content (AvgIpc) is 3.07. The Labute approximate surface area is 156 Å². The largest absolute Gasteiger partial charge is 0.373 e. The van der Waals surface area contributed by atoms with E-state index in [2.05, 4.69) is 39.0 Å². The van der Waals surface area contributed by atoms with Gasteiger partial charge < -0.3 is 9.64 Å². The van der Waals surface area contributed by atoms with Gasteiger partial charge in [-0.2, -0.15) is 0 Å². The van der Waals surface area contributed by atoms with Crippen LogP contribution in [0.15, 0.2) is 42.6 Å². The van der Waals surface area contributed by atoms with Gasteiger partial charge >= 0.3 is 0 Å². The summed E-state index contributed by atoms with van der Waals surface area (Å²) in [6.07, 6.45) is 1.34. The molecule has 7 nitrogen and oxygen atoms in total. The number of halogens is 1. The summed E-state index contributed by atoms with van der Waals surface area (Å²) < 4.78 is 5.96. The van der Waals surface area contributed by atoms with Crippen LogP contribution in [-0.4, -0.2) is 53.2 Å². The number of nitro groups is 1. The molecule has 136 valence electrons. The summed E-state index contributed by atoms with van der Waals surface area (Å²) in [6, 6.07) is 12.0. The first-order valence-electron chi connectivity index (χ1n) is 8.56. The molecule has 2 aromatic rings. The van der Waals surface area contributed by atoms with Crippen LogP contribution in [0.4, 0.5) is 11.5 Å². The zero-order chi connectivity index (χ0) is 18.1. The molecule has 0 N–H and O–H groups in total. The number of ether oxygens (including phenoxy) is 1. The minimum Gasteiger partial charge on any atom is -0.373 e. The van der Waals surface area contributed by atoms with E-state index < -0.39 is 4.92 Å². The molecule has 2 saturated heterocycles. The van der Waals surface area contributed by atoms with Crippen molar-refractivity contribution in [3.63, 3.8) is 0 Å². The number of anilines is 1. The SMILES string of the molecule is O=[N+]([O-])c1cnc(N2CC3OCCN(Cc4ccccc4)C3C2)c(Cl)c1. The van der Waals surface area contributed by atoms with E-state index in [-0.39, 0.29) is 17.8 Å². The van der Waals surface area contributed by atoms with Crippen LogP contribution in [0.5, 0.6) is 0 Å². The predicted octanol–water partition coefficient (Wildman–Crippen LogP) is 2.73. The summed E-state index contributed by atoms with van der Waals surface area (Å²) in [6.45, 7) is 3.87. The van der Waals surface area contributed by atoms with Crippen molar-refractivity contribution < 1.29 is 9.66 Å². The highest BCUT2D eigenvalue weighted by molar-refractivity contribution is 6.33. The first-order chi connectivity index (χ1) is 12.6. The predicted molar refractivity (Wildman–Crippen MR) is 98.5 cm³/mol. The zero-order valence-electron chi connectivity index (χ0n) is 14.1.